The van der Waals surface area contributed by atoms with Gasteiger partial charge in [0.25, 0.3) is 0 Å². The molecule has 0 saturated heterocycles. The highest BCUT2D eigenvalue weighted by molar-refractivity contribution is 4.92. The van der Waals surface area contributed by atoms with E-state index < -0.39 is 0 Å². The first-order chi connectivity index (χ1) is 9.90. The second-order valence-corrected chi connectivity index (χ2v) is 7.33. The average Bonchev–Trinajstić information content (AvgIpc) is 3.21. The Labute approximate surface area is 131 Å². The smallest absolute Gasteiger partial charge is 0.0610 e. The summed E-state index contributed by atoms with van der Waals surface area (Å²) in [7, 11) is 4.28. The monoisotopic (exact) mass is 299 g/mol. The molecule has 4 heteroatoms. The van der Waals surface area contributed by atoms with Crippen LogP contribution in [-0.4, -0.2) is 72.9 Å². The molecule has 1 rings (SSSR count). The van der Waals surface area contributed by atoms with Crippen LogP contribution < -0.4 is 5.32 Å². The summed E-state index contributed by atoms with van der Waals surface area (Å²) in [5.41, 5.74) is -0.0759. The predicted octanol–water partition coefficient (Wildman–Crippen LogP) is 1.93. The molecule has 1 saturated carbocycles. The fourth-order valence-electron chi connectivity index (χ4n) is 3.08. The number of rotatable bonds is 12. The summed E-state index contributed by atoms with van der Waals surface area (Å²) in [5, 5.41) is 13.2. The van der Waals surface area contributed by atoms with Gasteiger partial charge in [0, 0.05) is 24.2 Å². The van der Waals surface area contributed by atoms with Crippen molar-refractivity contribution >= 4 is 0 Å². The van der Waals surface area contributed by atoms with Crippen molar-refractivity contribution in [3.63, 3.8) is 0 Å². The van der Waals surface area contributed by atoms with Crippen LogP contribution in [0.2, 0.25) is 0 Å². The van der Waals surface area contributed by atoms with Gasteiger partial charge in [-0.15, -0.1) is 0 Å². The maximum absolute atomic E-state index is 9.63. The molecule has 2 N–H and O–H groups in total. The largest absolute Gasteiger partial charge is 0.394 e. The quantitative estimate of drug-likeness (QED) is 0.540. The second-order valence-electron chi connectivity index (χ2n) is 7.33. The molecule has 126 valence electrons. The van der Waals surface area contributed by atoms with Crippen molar-refractivity contribution in [1.82, 2.24) is 15.1 Å². The Kier molecular flexibility index (Phi) is 8.17. The van der Waals surface area contributed by atoms with E-state index in [2.05, 4.69) is 50.0 Å². The van der Waals surface area contributed by atoms with E-state index in [4.69, 9.17) is 0 Å². The van der Waals surface area contributed by atoms with Gasteiger partial charge in [0.1, 0.15) is 0 Å². The highest BCUT2D eigenvalue weighted by Gasteiger charge is 2.31. The SMILES string of the molecule is CCN(CCCCC(C)(CO)NC1CC1)C(C)CN(C)C. The molecule has 0 aromatic rings. The molecule has 0 bridgehead atoms. The van der Waals surface area contributed by atoms with Gasteiger partial charge in [-0.05, 0) is 66.7 Å². The molecule has 0 amide bonds. The van der Waals surface area contributed by atoms with E-state index in [0.29, 0.717) is 12.1 Å². The molecule has 4 nitrogen and oxygen atoms in total. The van der Waals surface area contributed by atoms with E-state index in [-0.39, 0.29) is 12.1 Å². The van der Waals surface area contributed by atoms with Gasteiger partial charge < -0.3 is 15.3 Å². The predicted molar refractivity (Wildman–Crippen MR) is 90.8 cm³/mol. The number of likely N-dealkylation sites (N-methyl/N-ethyl adjacent to an activating group) is 2. The number of aliphatic hydroxyl groups is 1. The van der Waals surface area contributed by atoms with Gasteiger partial charge in [-0.1, -0.05) is 13.3 Å². The summed E-state index contributed by atoms with van der Waals surface area (Å²) >= 11 is 0. The first-order valence-electron chi connectivity index (χ1n) is 8.67. The van der Waals surface area contributed by atoms with E-state index in [1.807, 2.05) is 0 Å². The first kappa shape index (κ1) is 18.9. The molecule has 0 aromatic heterocycles. The van der Waals surface area contributed by atoms with Crippen molar-refractivity contribution in [2.24, 2.45) is 0 Å². The standard InChI is InChI=1S/C17H37N3O/c1-6-20(15(2)13-19(4)5)12-8-7-11-17(3,14-21)18-16-9-10-16/h15-16,18,21H,6-14H2,1-5H3. The zero-order valence-corrected chi connectivity index (χ0v) is 14.9. The summed E-state index contributed by atoms with van der Waals surface area (Å²) in [6, 6.07) is 1.27. The number of aliphatic hydroxyl groups excluding tert-OH is 1. The molecule has 21 heavy (non-hydrogen) atoms. The van der Waals surface area contributed by atoms with Crippen LogP contribution in [0.4, 0.5) is 0 Å². The third kappa shape index (κ3) is 7.59. The van der Waals surface area contributed by atoms with Gasteiger partial charge in [0.2, 0.25) is 0 Å². The molecule has 2 atom stereocenters. The molecule has 0 heterocycles. The summed E-state index contributed by atoms with van der Waals surface area (Å²) in [5.74, 6) is 0. The van der Waals surface area contributed by atoms with Crippen molar-refractivity contribution in [2.45, 2.75) is 70.5 Å². The summed E-state index contributed by atoms with van der Waals surface area (Å²) in [6.07, 6.45) is 6.03. The minimum Gasteiger partial charge on any atom is -0.394 e. The van der Waals surface area contributed by atoms with E-state index in [9.17, 15) is 5.11 Å². The number of unbranched alkanes of at least 4 members (excludes halogenated alkanes) is 1. The summed E-state index contributed by atoms with van der Waals surface area (Å²) < 4.78 is 0. The van der Waals surface area contributed by atoms with E-state index in [1.165, 1.54) is 25.7 Å². The maximum Gasteiger partial charge on any atom is 0.0610 e. The number of nitrogens with one attached hydrogen (secondary N) is 1. The van der Waals surface area contributed by atoms with Crippen molar-refractivity contribution in [3.8, 4) is 0 Å². The van der Waals surface area contributed by atoms with Crippen molar-refractivity contribution in [3.05, 3.63) is 0 Å². The highest BCUT2D eigenvalue weighted by Crippen LogP contribution is 2.25. The zero-order chi connectivity index (χ0) is 15.9. The van der Waals surface area contributed by atoms with Crippen LogP contribution in [0.3, 0.4) is 0 Å². The van der Waals surface area contributed by atoms with Crippen LogP contribution in [0.5, 0.6) is 0 Å². The van der Waals surface area contributed by atoms with Crippen molar-refractivity contribution in [1.29, 1.82) is 0 Å². The molecule has 0 spiro atoms. The number of hydrogen-bond donors (Lipinski definition) is 2. The fourth-order valence-corrected chi connectivity index (χ4v) is 3.08. The molecule has 1 fully saturated rings. The van der Waals surface area contributed by atoms with Crippen LogP contribution in [0.15, 0.2) is 0 Å². The summed E-state index contributed by atoms with van der Waals surface area (Å²) in [6.45, 7) is 10.4. The van der Waals surface area contributed by atoms with Crippen molar-refractivity contribution < 1.29 is 5.11 Å². The van der Waals surface area contributed by atoms with Gasteiger partial charge in [0.15, 0.2) is 0 Å². The molecule has 1 aliphatic carbocycles. The Hall–Kier alpha value is -0.160. The normalized spacial score (nSPS) is 20.0. The third-order valence-corrected chi connectivity index (χ3v) is 4.56. The van der Waals surface area contributed by atoms with E-state index in [0.717, 1.165) is 26.1 Å². The minimum atomic E-state index is -0.0759. The lowest BCUT2D eigenvalue weighted by atomic mass is 9.95. The van der Waals surface area contributed by atoms with Crippen LogP contribution in [0.1, 0.15) is 52.9 Å². The van der Waals surface area contributed by atoms with Gasteiger partial charge in [-0.3, -0.25) is 4.90 Å². The Balaban J connectivity index is 2.23. The van der Waals surface area contributed by atoms with Gasteiger partial charge in [-0.25, -0.2) is 0 Å². The van der Waals surface area contributed by atoms with E-state index in [1.54, 1.807) is 0 Å². The molecular formula is C17H37N3O. The number of hydrogen-bond acceptors (Lipinski definition) is 4. The Morgan fingerprint density at radius 1 is 1.29 bits per heavy atom. The van der Waals surface area contributed by atoms with Crippen LogP contribution in [0.25, 0.3) is 0 Å². The van der Waals surface area contributed by atoms with Gasteiger partial charge in [-0.2, -0.15) is 0 Å². The Morgan fingerprint density at radius 2 is 1.95 bits per heavy atom. The molecule has 0 radical (unpaired) electrons. The van der Waals surface area contributed by atoms with Crippen LogP contribution in [-0.2, 0) is 0 Å². The van der Waals surface area contributed by atoms with E-state index >= 15 is 0 Å². The zero-order valence-electron chi connectivity index (χ0n) is 14.9. The maximum atomic E-state index is 9.63. The highest BCUT2D eigenvalue weighted by atomic mass is 16.3. The molecule has 1 aliphatic rings. The topological polar surface area (TPSA) is 38.7 Å². The third-order valence-electron chi connectivity index (χ3n) is 4.56. The molecular weight excluding hydrogens is 262 g/mol. The average molecular weight is 300 g/mol. The lowest BCUT2D eigenvalue weighted by Crippen LogP contribution is -2.47. The van der Waals surface area contributed by atoms with Crippen LogP contribution >= 0.6 is 0 Å². The van der Waals surface area contributed by atoms with Crippen LogP contribution in [0, 0.1) is 0 Å². The molecule has 0 aromatic carbocycles. The fraction of sp³-hybridized carbons (Fsp3) is 1.00. The first-order valence-corrected chi connectivity index (χ1v) is 8.67. The molecule has 2 unspecified atom stereocenters. The second kappa shape index (κ2) is 9.09. The Morgan fingerprint density at radius 3 is 2.43 bits per heavy atom. The Bertz CT molecular complexity index is 281. The molecule has 0 aliphatic heterocycles. The minimum absolute atomic E-state index is 0.0759. The summed E-state index contributed by atoms with van der Waals surface area (Å²) in [4.78, 5) is 4.82. The lowest BCUT2D eigenvalue weighted by molar-refractivity contribution is 0.152. The van der Waals surface area contributed by atoms with Gasteiger partial charge in [0.05, 0.1) is 6.61 Å². The van der Waals surface area contributed by atoms with Gasteiger partial charge >= 0.3 is 0 Å². The van der Waals surface area contributed by atoms with Crippen molar-refractivity contribution in [2.75, 3.05) is 40.3 Å². The number of nitrogens with zero attached hydrogens (tertiary/aromatic N) is 2. The lowest BCUT2D eigenvalue weighted by Gasteiger charge is -2.31.